The van der Waals surface area contributed by atoms with Gasteiger partial charge in [0.25, 0.3) is 5.91 Å². The van der Waals surface area contributed by atoms with Gasteiger partial charge in [0.1, 0.15) is 0 Å². The van der Waals surface area contributed by atoms with Crippen LogP contribution < -0.4 is 10.6 Å². The molecule has 0 saturated carbocycles. The van der Waals surface area contributed by atoms with Crippen LogP contribution in [0.3, 0.4) is 0 Å². The minimum atomic E-state index is -0.0431. The SMILES string of the molecule is CCC(C)NC(=O)c1ccc(-c2cnc3c(NCC(C)C)nccn23)cc1. The number of carbonyl (C=O) groups excluding carboxylic acids is 1. The molecule has 2 heterocycles. The van der Waals surface area contributed by atoms with Crippen LogP contribution in [0.25, 0.3) is 16.9 Å². The first-order valence-electron chi connectivity index (χ1n) is 9.46. The fraction of sp³-hybridized carbons (Fsp3) is 0.381. The molecule has 2 aromatic heterocycles. The molecule has 0 aliphatic carbocycles. The van der Waals surface area contributed by atoms with Crippen molar-refractivity contribution in [3.63, 3.8) is 0 Å². The van der Waals surface area contributed by atoms with E-state index < -0.39 is 0 Å². The third-order valence-electron chi connectivity index (χ3n) is 4.54. The van der Waals surface area contributed by atoms with Crippen molar-refractivity contribution >= 4 is 17.4 Å². The summed E-state index contributed by atoms with van der Waals surface area (Å²) in [6.45, 7) is 9.21. The summed E-state index contributed by atoms with van der Waals surface area (Å²) >= 11 is 0. The highest BCUT2D eigenvalue weighted by atomic mass is 16.1. The maximum Gasteiger partial charge on any atom is 0.251 e. The third kappa shape index (κ3) is 4.27. The second-order valence-electron chi connectivity index (χ2n) is 7.25. The molecule has 0 aliphatic heterocycles. The van der Waals surface area contributed by atoms with Crippen LogP contribution in [0, 0.1) is 5.92 Å². The summed E-state index contributed by atoms with van der Waals surface area (Å²) in [6, 6.07) is 7.78. The Morgan fingerprint density at radius 3 is 2.56 bits per heavy atom. The van der Waals surface area contributed by atoms with E-state index in [0.717, 1.165) is 35.7 Å². The number of hydrogen-bond donors (Lipinski definition) is 2. The summed E-state index contributed by atoms with van der Waals surface area (Å²) in [5, 5.41) is 6.34. The summed E-state index contributed by atoms with van der Waals surface area (Å²) in [4.78, 5) is 21.2. The van der Waals surface area contributed by atoms with Crippen molar-refractivity contribution in [1.82, 2.24) is 19.7 Å². The van der Waals surface area contributed by atoms with Crippen molar-refractivity contribution in [3.05, 3.63) is 48.4 Å². The first-order valence-corrected chi connectivity index (χ1v) is 9.46. The Kier molecular flexibility index (Phi) is 5.74. The molecule has 3 aromatic rings. The van der Waals surface area contributed by atoms with Crippen LogP contribution in [0.15, 0.2) is 42.9 Å². The largest absolute Gasteiger partial charge is 0.367 e. The third-order valence-corrected chi connectivity index (χ3v) is 4.54. The molecule has 1 atom stereocenters. The first-order chi connectivity index (χ1) is 13.0. The lowest BCUT2D eigenvalue weighted by atomic mass is 10.1. The molecule has 0 saturated heterocycles. The number of nitrogens with one attached hydrogen (secondary N) is 2. The second kappa shape index (κ2) is 8.20. The number of fused-ring (bicyclic) bond motifs is 1. The van der Waals surface area contributed by atoms with Crippen molar-refractivity contribution in [2.45, 2.75) is 40.2 Å². The van der Waals surface area contributed by atoms with Crippen LogP contribution in [-0.4, -0.2) is 32.9 Å². The predicted octanol–water partition coefficient (Wildman–Crippen LogP) is 3.99. The molecule has 3 rings (SSSR count). The van der Waals surface area contributed by atoms with Gasteiger partial charge in [-0.05, 0) is 31.4 Å². The molecule has 27 heavy (non-hydrogen) atoms. The van der Waals surface area contributed by atoms with E-state index in [-0.39, 0.29) is 11.9 Å². The lowest BCUT2D eigenvalue weighted by Crippen LogP contribution is -2.31. The molecule has 1 unspecified atom stereocenters. The van der Waals surface area contributed by atoms with E-state index in [9.17, 15) is 4.79 Å². The number of anilines is 1. The van der Waals surface area contributed by atoms with E-state index in [2.05, 4.69) is 41.4 Å². The van der Waals surface area contributed by atoms with Crippen LogP contribution in [0.2, 0.25) is 0 Å². The minimum Gasteiger partial charge on any atom is -0.367 e. The Balaban J connectivity index is 1.85. The number of hydrogen-bond acceptors (Lipinski definition) is 4. The van der Waals surface area contributed by atoms with Crippen molar-refractivity contribution in [2.24, 2.45) is 5.92 Å². The highest BCUT2D eigenvalue weighted by Crippen LogP contribution is 2.24. The first kappa shape index (κ1) is 18.9. The topological polar surface area (TPSA) is 71.3 Å². The van der Waals surface area contributed by atoms with Crippen LogP contribution >= 0.6 is 0 Å². The number of carbonyl (C=O) groups is 1. The summed E-state index contributed by atoms with van der Waals surface area (Å²) in [6.07, 6.45) is 6.43. The molecule has 6 heteroatoms. The van der Waals surface area contributed by atoms with Crippen LogP contribution in [0.1, 0.15) is 44.5 Å². The fourth-order valence-corrected chi connectivity index (χ4v) is 2.76. The molecule has 0 spiro atoms. The second-order valence-corrected chi connectivity index (χ2v) is 7.25. The molecule has 2 N–H and O–H groups in total. The van der Waals surface area contributed by atoms with Gasteiger partial charge < -0.3 is 10.6 Å². The van der Waals surface area contributed by atoms with E-state index >= 15 is 0 Å². The Morgan fingerprint density at radius 1 is 1.15 bits per heavy atom. The van der Waals surface area contributed by atoms with Crippen LogP contribution in [0.4, 0.5) is 5.82 Å². The Bertz CT molecular complexity index is 914. The van der Waals surface area contributed by atoms with E-state index in [1.54, 1.807) is 6.20 Å². The molecular formula is C21H27N5O. The highest BCUT2D eigenvalue weighted by molar-refractivity contribution is 5.94. The van der Waals surface area contributed by atoms with Crippen molar-refractivity contribution in [3.8, 4) is 11.3 Å². The normalized spacial score (nSPS) is 12.3. The predicted molar refractivity (Wildman–Crippen MR) is 109 cm³/mol. The average molecular weight is 365 g/mol. The van der Waals surface area contributed by atoms with Gasteiger partial charge in [-0.2, -0.15) is 0 Å². The standard InChI is InChI=1S/C21H27N5O/c1-5-15(4)25-21(27)17-8-6-16(7-9-17)18-13-24-20-19(23-12-14(2)3)22-10-11-26(18)20/h6-11,13-15H,5,12H2,1-4H3,(H,22,23)(H,25,27). The lowest BCUT2D eigenvalue weighted by molar-refractivity contribution is 0.0939. The van der Waals surface area contributed by atoms with E-state index in [1.165, 1.54) is 0 Å². The number of aromatic nitrogens is 3. The molecule has 6 nitrogen and oxygen atoms in total. The maximum absolute atomic E-state index is 12.3. The van der Waals surface area contributed by atoms with Gasteiger partial charge in [-0.15, -0.1) is 0 Å². The lowest BCUT2D eigenvalue weighted by Gasteiger charge is -2.12. The number of benzene rings is 1. The summed E-state index contributed by atoms with van der Waals surface area (Å²) in [5.41, 5.74) is 3.43. The average Bonchev–Trinajstić information content (AvgIpc) is 3.11. The van der Waals surface area contributed by atoms with Gasteiger partial charge in [-0.1, -0.05) is 32.9 Å². The Labute approximate surface area is 160 Å². The minimum absolute atomic E-state index is 0.0431. The van der Waals surface area contributed by atoms with Gasteiger partial charge in [-0.3, -0.25) is 9.20 Å². The molecular weight excluding hydrogens is 338 g/mol. The van der Waals surface area contributed by atoms with Crippen LogP contribution in [-0.2, 0) is 0 Å². The number of rotatable bonds is 7. The van der Waals surface area contributed by atoms with Crippen molar-refractivity contribution in [2.75, 3.05) is 11.9 Å². The summed E-state index contributed by atoms with van der Waals surface area (Å²) in [7, 11) is 0. The van der Waals surface area contributed by atoms with Gasteiger partial charge in [0, 0.05) is 36.1 Å². The molecule has 142 valence electrons. The van der Waals surface area contributed by atoms with Gasteiger partial charge >= 0.3 is 0 Å². The molecule has 1 aromatic carbocycles. The zero-order valence-electron chi connectivity index (χ0n) is 16.4. The van der Waals surface area contributed by atoms with Crippen molar-refractivity contribution < 1.29 is 4.79 Å². The van der Waals surface area contributed by atoms with Crippen molar-refractivity contribution in [1.29, 1.82) is 0 Å². The van der Waals surface area contributed by atoms with E-state index in [1.807, 2.05) is 48.0 Å². The van der Waals surface area contributed by atoms with E-state index in [0.29, 0.717) is 11.5 Å². The Morgan fingerprint density at radius 2 is 1.89 bits per heavy atom. The Hall–Kier alpha value is -2.89. The number of imidazole rings is 1. The molecule has 0 radical (unpaired) electrons. The molecule has 0 aliphatic rings. The zero-order chi connectivity index (χ0) is 19.4. The van der Waals surface area contributed by atoms with Gasteiger partial charge in [-0.25, -0.2) is 9.97 Å². The van der Waals surface area contributed by atoms with Gasteiger partial charge in [0.05, 0.1) is 11.9 Å². The number of amides is 1. The molecule has 0 fully saturated rings. The molecule has 0 bridgehead atoms. The number of nitrogens with zero attached hydrogens (tertiary/aromatic N) is 3. The smallest absolute Gasteiger partial charge is 0.251 e. The van der Waals surface area contributed by atoms with Gasteiger partial charge in [0.15, 0.2) is 11.5 Å². The van der Waals surface area contributed by atoms with Crippen LogP contribution in [0.5, 0.6) is 0 Å². The van der Waals surface area contributed by atoms with E-state index in [4.69, 9.17) is 0 Å². The highest BCUT2D eigenvalue weighted by Gasteiger charge is 2.12. The quantitative estimate of drug-likeness (QED) is 0.664. The zero-order valence-corrected chi connectivity index (χ0v) is 16.4. The van der Waals surface area contributed by atoms with Gasteiger partial charge in [0.2, 0.25) is 0 Å². The summed E-state index contributed by atoms with van der Waals surface area (Å²) in [5.74, 6) is 1.26. The fourth-order valence-electron chi connectivity index (χ4n) is 2.76. The molecule has 1 amide bonds. The monoisotopic (exact) mass is 365 g/mol. The summed E-state index contributed by atoms with van der Waals surface area (Å²) < 4.78 is 2.02. The maximum atomic E-state index is 12.3.